The van der Waals surface area contributed by atoms with E-state index in [4.69, 9.17) is 20.6 Å². The van der Waals surface area contributed by atoms with E-state index in [9.17, 15) is 13.2 Å². The number of rotatable bonds is 6. The summed E-state index contributed by atoms with van der Waals surface area (Å²) in [5.74, 6) is 0.0350. The van der Waals surface area contributed by atoms with Gasteiger partial charge in [0.05, 0.1) is 34.0 Å². The molecule has 1 aliphatic rings. The maximum absolute atomic E-state index is 14.7. The zero-order valence-electron chi connectivity index (χ0n) is 23.2. The molecule has 1 saturated carbocycles. The third-order valence-electron chi connectivity index (χ3n) is 7.91. The molecular formula is C28H31ClF3N5O2Si. The number of nitrogens with zero attached hydrogens (tertiary/aromatic N) is 5. The molecule has 5 rings (SSSR count). The fourth-order valence-corrected chi connectivity index (χ4v) is 6.93. The zero-order chi connectivity index (χ0) is 29.1. The standard InChI is InChI=1S/C28H31ClF3N5O2Si/c1-26(2,3)40(5,6)39-27(4)14-17(15-27)37-24(28(30,31)32)19(16-35-37)23-21(25-33-12-9-13-34-25)22(36-38-23)18-10-7-8-11-20(18)29/h7-13,16-17H,14-15H2,1-6H3. The Morgan fingerprint density at radius 3 is 2.30 bits per heavy atom. The summed E-state index contributed by atoms with van der Waals surface area (Å²) in [4.78, 5) is 8.56. The van der Waals surface area contributed by atoms with E-state index in [0.717, 1.165) is 4.68 Å². The maximum Gasteiger partial charge on any atom is 0.433 e. The van der Waals surface area contributed by atoms with Crippen LogP contribution in [-0.4, -0.2) is 38.8 Å². The largest absolute Gasteiger partial charge is 0.433 e. The van der Waals surface area contributed by atoms with Crippen molar-refractivity contribution in [3.8, 4) is 34.0 Å². The van der Waals surface area contributed by atoms with Crippen LogP contribution in [0.2, 0.25) is 23.2 Å². The molecule has 0 N–H and O–H groups in total. The van der Waals surface area contributed by atoms with Gasteiger partial charge in [-0.05, 0) is 50.0 Å². The molecule has 0 atom stereocenters. The molecule has 7 nitrogen and oxygen atoms in total. The van der Waals surface area contributed by atoms with Gasteiger partial charge in [0.2, 0.25) is 0 Å². The predicted molar refractivity (Wildman–Crippen MR) is 149 cm³/mol. The van der Waals surface area contributed by atoms with Gasteiger partial charge in [-0.15, -0.1) is 0 Å². The lowest BCUT2D eigenvalue weighted by atomic mass is 9.77. The maximum atomic E-state index is 14.7. The molecule has 4 aromatic rings. The molecule has 0 radical (unpaired) electrons. The summed E-state index contributed by atoms with van der Waals surface area (Å²) in [6.45, 7) is 12.7. The lowest BCUT2D eigenvalue weighted by molar-refractivity contribution is -0.148. The molecule has 40 heavy (non-hydrogen) atoms. The first-order valence-electron chi connectivity index (χ1n) is 13.0. The molecule has 0 unspecified atom stereocenters. The fourth-order valence-electron chi connectivity index (χ4n) is 5.00. The van der Waals surface area contributed by atoms with Gasteiger partial charge in [-0.25, -0.2) is 9.97 Å². The third kappa shape index (κ3) is 5.10. The quantitative estimate of drug-likeness (QED) is 0.210. The zero-order valence-corrected chi connectivity index (χ0v) is 24.9. The van der Waals surface area contributed by atoms with Gasteiger partial charge in [0.25, 0.3) is 0 Å². The number of alkyl halides is 3. The molecule has 1 aliphatic carbocycles. The van der Waals surface area contributed by atoms with Crippen LogP contribution in [0.1, 0.15) is 52.3 Å². The lowest BCUT2D eigenvalue weighted by Crippen LogP contribution is -2.54. The van der Waals surface area contributed by atoms with Crippen LogP contribution < -0.4 is 0 Å². The number of hydrogen-bond acceptors (Lipinski definition) is 6. The minimum Gasteiger partial charge on any atom is -0.411 e. The Hall–Kier alpha value is -3.02. The summed E-state index contributed by atoms with van der Waals surface area (Å²) >= 11 is 6.42. The number of hydrogen-bond donors (Lipinski definition) is 0. The minimum absolute atomic E-state index is 0.0152. The van der Waals surface area contributed by atoms with Crippen molar-refractivity contribution in [2.75, 3.05) is 0 Å². The van der Waals surface area contributed by atoms with Gasteiger partial charge in [0.15, 0.2) is 25.6 Å². The summed E-state index contributed by atoms with van der Waals surface area (Å²) in [5, 5.41) is 8.71. The fraction of sp³-hybridized carbons (Fsp3) is 0.429. The van der Waals surface area contributed by atoms with E-state index in [0.29, 0.717) is 23.4 Å². The Balaban J connectivity index is 1.58. The second-order valence-corrected chi connectivity index (χ2v) is 17.1. The van der Waals surface area contributed by atoms with Gasteiger partial charge >= 0.3 is 6.18 Å². The highest BCUT2D eigenvalue weighted by Gasteiger charge is 2.52. The Bertz CT molecular complexity index is 1520. The average Bonchev–Trinajstić information content (AvgIpc) is 3.47. The molecule has 212 valence electrons. The highest BCUT2D eigenvalue weighted by atomic mass is 35.5. The molecule has 3 aromatic heterocycles. The highest BCUT2D eigenvalue weighted by Crippen LogP contribution is 2.52. The van der Waals surface area contributed by atoms with Crippen LogP contribution >= 0.6 is 11.6 Å². The Labute approximate surface area is 236 Å². The number of halogens is 4. The third-order valence-corrected chi connectivity index (χ3v) is 12.9. The normalized spacial score (nSPS) is 20.0. The summed E-state index contributed by atoms with van der Waals surface area (Å²) in [6, 6.07) is 8.01. The van der Waals surface area contributed by atoms with Crippen LogP contribution in [0.4, 0.5) is 13.2 Å². The summed E-state index contributed by atoms with van der Waals surface area (Å²) in [6.07, 6.45) is 0.294. The Morgan fingerprint density at radius 2 is 1.70 bits per heavy atom. The Morgan fingerprint density at radius 1 is 1.05 bits per heavy atom. The van der Waals surface area contributed by atoms with Crippen molar-refractivity contribution in [2.24, 2.45) is 0 Å². The van der Waals surface area contributed by atoms with Gasteiger partial charge < -0.3 is 8.95 Å². The average molecular weight is 590 g/mol. The molecule has 0 aliphatic heterocycles. The van der Waals surface area contributed by atoms with Gasteiger partial charge in [-0.1, -0.05) is 55.7 Å². The van der Waals surface area contributed by atoms with Gasteiger partial charge in [-0.3, -0.25) is 4.68 Å². The molecule has 1 fully saturated rings. The molecule has 0 amide bonds. The summed E-state index contributed by atoms with van der Waals surface area (Å²) in [5.41, 5.74) is -0.731. The topological polar surface area (TPSA) is 78.9 Å². The lowest BCUT2D eigenvalue weighted by Gasteiger charge is -2.52. The molecular weight excluding hydrogens is 559 g/mol. The van der Waals surface area contributed by atoms with E-state index in [1.165, 1.54) is 18.6 Å². The van der Waals surface area contributed by atoms with Crippen molar-refractivity contribution in [3.05, 3.63) is 59.6 Å². The van der Waals surface area contributed by atoms with Gasteiger partial charge in [0, 0.05) is 18.0 Å². The van der Waals surface area contributed by atoms with Crippen molar-refractivity contribution >= 4 is 19.9 Å². The van der Waals surface area contributed by atoms with E-state index in [2.05, 4.69) is 54.1 Å². The minimum atomic E-state index is -4.72. The van der Waals surface area contributed by atoms with Crippen molar-refractivity contribution in [2.45, 2.75) is 76.5 Å². The van der Waals surface area contributed by atoms with E-state index >= 15 is 0 Å². The second kappa shape index (κ2) is 9.81. The van der Waals surface area contributed by atoms with E-state index in [1.807, 2.05) is 6.92 Å². The molecule has 1 aromatic carbocycles. The number of benzene rings is 1. The SMILES string of the molecule is CC1(O[Si](C)(C)C(C)(C)C)CC(n2ncc(-c3onc(-c4ccccc4Cl)c3-c3ncccn3)c2C(F)(F)F)C1. The van der Waals surface area contributed by atoms with Crippen LogP contribution in [0.5, 0.6) is 0 Å². The Kier molecular flexibility index (Phi) is 6.99. The van der Waals surface area contributed by atoms with Crippen molar-refractivity contribution in [1.82, 2.24) is 24.9 Å². The first-order chi connectivity index (χ1) is 18.6. The molecule has 0 bridgehead atoms. The van der Waals surface area contributed by atoms with Crippen LogP contribution in [0.15, 0.2) is 53.4 Å². The van der Waals surface area contributed by atoms with Crippen LogP contribution in [0, 0.1) is 0 Å². The smallest absolute Gasteiger partial charge is 0.411 e. The predicted octanol–water partition coefficient (Wildman–Crippen LogP) is 8.45. The van der Waals surface area contributed by atoms with Gasteiger partial charge in [-0.2, -0.15) is 18.3 Å². The first kappa shape index (κ1) is 28.5. The van der Waals surface area contributed by atoms with E-state index < -0.39 is 31.8 Å². The van der Waals surface area contributed by atoms with Crippen LogP contribution in [0.3, 0.4) is 0 Å². The molecule has 3 heterocycles. The second-order valence-electron chi connectivity index (χ2n) is 12.0. The van der Waals surface area contributed by atoms with Crippen LogP contribution in [0.25, 0.3) is 34.0 Å². The van der Waals surface area contributed by atoms with E-state index in [1.54, 1.807) is 30.3 Å². The first-order valence-corrected chi connectivity index (χ1v) is 16.3. The van der Waals surface area contributed by atoms with Crippen LogP contribution in [-0.2, 0) is 10.6 Å². The van der Waals surface area contributed by atoms with Crippen molar-refractivity contribution in [1.29, 1.82) is 0 Å². The van der Waals surface area contributed by atoms with Gasteiger partial charge in [0.1, 0.15) is 5.69 Å². The monoisotopic (exact) mass is 589 g/mol. The van der Waals surface area contributed by atoms with E-state index in [-0.39, 0.29) is 33.4 Å². The summed E-state index contributed by atoms with van der Waals surface area (Å²) in [7, 11) is -2.12. The summed E-state index contributed by atoms with van der Waals surface area (Å²) < 4.78 is 57.3. The number of aromatic nitrogens is 5. The van der Waals surface area contributed by atoms with Crippen molar-refractivity contribution < 1.29 is 22.1 Å². The molecule has 0 saturated heterocycles. The molecule has 0 spiro atoms. The highest BCUT2D eigenvalue weighted by molar-refractivity contribution is 6.74. The molecule has 12 heteroatoms. The van der Waals surface area contributed by atoms with Crippen molar-refractivity contribution in [3.63, 3.8) is 0 Å².